The van der Waals surface area contributed by atoms with E-state index >= 15 is 0 Å². The van der Waals surface area contributed by atoms with Crippen LogP contribution in [-0.2, 0) is 26.5 Å². The largest absolute Gasteiger partial charge is 0.264 e. The normalized spacial score (nSPS) is 17.6. The van der Waals surface area contributed by atoms with E-state index in [0.717, 1.165) is 0 Å². The molecule has 25 heavy (non-hydrogen) atoms. The predicted molar refractivity (Wildman–Crippen MR) is 96.8 cm³/mol. The molecular formula is C16H17ClN2O4S2. The molecule has 1 aliphatic heterocycles. The molecule has 1 heterocycles. The minimum Gasteiger partial charge on any atom is -0.263 e. The van der Waals surface area contributed by atoms with Gasteiger partial charge >= 0.3 is 0 Å². The maximum Gasteiger partial charge on any atom is 0.264 e. The average molecular weight is 401 g/mol. The Labute approximate surface area is 152 Å². The Kier molecular flexibility index (Phi) is 4.35. The van der Waals surface area contributed by atoms with Crippen molar-refractivity contribution in [2.24, 2.45) is 5.14 Å². The fourth-order valence-electron chi connectivity index (χ4n) is 3.08. The van der Waals surface area contributed by atoms with Crippen molar-refractivity contribution in [3.05, 3.63) is 52.5 Å². The van der Waals surface area contributed by atoms with E-state index in [2.05, 4.69) is 0 Å². The van der Waals surface area contributed by atoms with E-state index in [1.165, 1.54) is 28.6 Å². The minimum atomic E-state index is -3.84. The van der Waals surface area contributed by atoms with Crippen molar-refractivity contribution in [2.75, 3.05) is 4.31 Å². The van der Waals surface area contributed by atoms with Gasteiger partial charge in [-0.05, 0) is 61.7 Å². The first kappa shape index (κ1) is 18.2. The van der Waals surface area contributed by atoms with Crippen LogP contribution in [0.1, 0.15) is 18.1 Å². The van der Waals surface area contributed by atoms with Crippen LogP contribution in [-0.4, -0.2) is 22.9 Å². The van der Waals surface area contributed by atoms with Crippen LogP contribution in [0.15, 0.2) is 46.2 Å². The molecule has 0 bridgehead atoms. The lowest BCUT2D eigenvalue weighted by atomic mass is 10.1. The summed E-state index contributed by atoms with van der Waals surface area (Å²) in [4.78, 5) is 0.104. The molecule has 0 aromatic heterocycles. The highest BCUT2D eigenvalue weighted by molar-refractivity contribution is 7.93. The number of rotatable bonds is 3. The van der Waals surface area contributed by atoms with E-state index in [1.54, 1.807) is 26.0 Å². The quantitative estimate of drug-likeness (QED) is 0.855. The highest BCUT2D eigenvalue weighted by Crippen LogP contribution is 2.38. The third-order valence-electron chi connectivity index (χ3n) is 4.22. The molecule has 9 heteroatoms. The number of hydrogen-bond donors (Lipinski definition) is 1. The summed E-state index contributed by atoms with van der Waals surface area (Å²) in [5.41, 5.74) is 1.67. The third-order valence-corrected chi connectivity index (χ3v) is 7.44. The zero-order valence-electron chi connectivity index (χ0n) is 13.6. The first-order valence-corrected chi connectivity index (χ1v) is 10.8. The summed E-state index contributed by atoms with van der Waals surface area (Å²) in [5.74, 6) is 0. The number of benzene rings is 2. The van der Waals surface area contributed by atoms with Crippen molar-refractivity contribution in [1.29, 1.82) is 0 Å². The van der Waals surface area contributed by atoms with E-state index in [9.17, 15) is 16.8 Å². The van der Waals surface area contributed by atoms with Crippen LogP contribution in [0.25, 0.3) is 0 Å². The van der Waals surface area contributed by atoms with Crippen molar-refractivity contribution in [3.8, 4) is 0 Å². The summed E-state index contributed by atoms with van der Waals surface area (Å²) in [5, 5.41) is 5.49. The molecule has 0 saturated carbocycles. The second-order valence-electron chi connectivity index (χ2n) is 6.10. The van der Waals surface area contributed by atoms with E-state index in [0.29, 0.717) is 28.3 Å². The number of hydrogen-bond acceptors (Lipinski definition) is 4. The third kappa shape index (κ3) is 3.15. The maximum absolute atomic E-state index is 13.2. The van der Waals surface area contributed by atoms with Crippen LogP contribution in [0, 0.1) is 6.92 Å². The van der Waals surface area contributed by atoms with Crippen LogP contribution >= 0.6 is 11.6 Å². The van der Waals surface area contributed by atoms with E-state index < -0.39 is 20.0 Å². The lowest BCUT2D eigenvalue weighted by molar-refractivity contribution is 0.583. The van der Waals surface area contributed by atoms with Gasteiger partial charge in [-0.1, -0.05) is 17.7 Å². The predicted octanol–water partition coefficient (Wildman–Crippen LogP) is 2.44. The average Bonchev–Trinajstić information content (AvgIpc) is 2.84. The Morgan fingerprint density at radius 2 is 1.80 bits per heavy atom. The molecule has 0 amide bonds. The molecule has 1 aliphatic rings. The topological polar surface area (TPSA) is 97.5 Å². The summed E-state index contributed by atoms with van der Waals surface area (Å²) in [7, 11) is -7.68. The number of halogens is 1. The minimum absolute atomic E-state index is 0.0309. The van der Waals surface area contributed by atoms with Crippen molar-refractivity contribution in [1.82, 2.24) is 0 Å². The molecule has 6 nitrogen and oxygen atoms in total. The first-order chi connectivity index (χ1) is 11.5. The zero-order valence-corrected chi connectivity index (χ0v) is 16.0. The number of nitrogens with two attached hydrogens (primary N) is 1. The first-order valence-electron chi connectivity index (χ1n) is 7.48. The van der Waals surface area contributed by atoms with Crippen LogP contribution < -0.4 is 9.44 Å². The van der Waals surface area contributed by atoms with Crippen molar-refractivity contribution >= 4 is 37.3 Å². The van der Waals surface area contributed by atoms with Crippen molar-refractivity contribution in [3.63, 3.8) is 0 Å². The molecule has 0 saturated heterocycles. The van der Waals surface area contributed by atoms with E-state index in [-0.39, 0.29) is 15.8 Å². The molecule has 0 fully saturated rings. The van der Waals surface area contributed by atoms with E-state index in [4.69, 9.17) is 16.7 Å². The van der Waals surface area contributed by atoms with Gasteiger partial charge in [-0.3, -0.25) is 4.31 Å². The molecule has 1 atom stereocenters. The molecule has 3 rings (SSSR count). The van der Waals surface area contributed by atoms with Gasteiger partial charge in [0.25, 0.3) is 10.0 Å². The Morgan fingerprint density at radius 1 is 1.12 bits per heavy atom. The van der Waals surface area contributed by atoms with Gasteiger partial charge in [-0.25, -0.2) is 22.0 Å². The van der Waals surface area contributed by atoms with Gasteiger partial charge in [0.1, 0.15) is 0 Å². The molecule has 2 aromatic rings. The summed E-state index contributed by atoms with van der Waals surface area (Å²) < 4.78 is 50.7. The van der Waals surface area contributed by atoms with Crippen LogP contribution in [0.5, 0.6) is 0 Å². The molecule has 2 aromatic carbocycles. The summed E-state index contributed by atoms with van der Waals surface area (Å²) >= 11 is 5.97. The van der Waals surface area contributed by atoms with Gasteiger partial charge in [-0.15, -0.1) is 0 Å². The molecule has 134 valence electrons. The number of sulfonamides is 2. The standard InChI is InChI=1S/C16H17ClN2O4S2/c1-10-3-4-13(17)9-16(10)25(22,23)19-11(2)7-12-8-14(24(18,20)21)5-6-15(12)19/h3-6,8-9,11H,7H2,1-2H3,(H2,18,20,21). The van der Waals surface area contributed by atoms with Gasteiger partial charge in [0.05, 0.1) is 15.5 Å². The molecule has 1 unspecified atom stereocenters. The van der Waals surface area contributed by atoms with Crippen molar-refractivity contribution in [2.45, 2.75) is 36.1 Å². The summed E-state index contributed by atoms with van der Waals surface area (Å²) in [6.45, 7) is 3.48. The van der Waals surface area contributed by atoms with Gasteiger partial charge < -0.3 is 0 Å². The van der Waals surface area contributed by atoms with Crippen LogP contribution in [0.2, 0.25) is 5.02 Å². The Hall–Kier alpha value is -1.61. The van der Waals surface area contributed by atoms with E-state index in [1.807, 2.05) is 0 Å². The SMILES string of the molecule is Cc1ccc(Cl)cc1S(=O)(=O)N1c2ccc(S(N)(=O)=O)cc2CC1C. The van der Waals surface area contributed by atoms with Crippen LogP contribution in [0.3, 0.4) is 0 Å². The lowest BCUT2D eigenvalue weighted by Gasteiger charge is -2.25. The fraction of sp³-hybridized carbons (Fsp3) is 0.250. The molecule has 0 aliphatic carbocycles. The Bertz CT molecular complexity index is 1070. The second kappa shape index (κ2) is 5.98. The second-order valence-corrected chi connectivity index (χ2v) is 9.88. The number of primary sulfonamides is 1. The monoisotopic (exact) mass is 400 g/mol. The Morgan fingerprint density at radius 3 is 2.44 bits per heavy atom. The van der Waals surface area contributed by atoms with Gasteiger partial charge in [0, 0.05) is 11.1 Å². The molecular weight excluding hydrogens is 384 g/mol. The smallest absolute Gasteiger partial charge is 0.263 e. The number of anilines is 1. The van der Waals surface area contributed by atoms with Crippen molar-refractivity contribution < 1.29 is 16.8 Å². The summed E-state index contributed by atoms with van der Waals surface area (Å²) in [6.07, 6.45) is 0.400. The van der Waals surface area contributed by atoms with Gasteiger partial charge in [0.15, 0.2) is 0 Å². The number of nitrogens with zero attached hydrogens (tertiary/aromatic N) is 1. The molecule has 0 spiro atoms. The fourth-order valence-corrected chi connectivity index (χ4v) is 5.83. The van der Waals surface area contributed by atoms with Gasteiger partial charge in [-0.2, -0.15) is 0 Å². The lowest BCUT2D eigenvalue weighted by Crippen LogP contribution is -2.36. The number of aryl methyl sites for hydroxylation is 1. The maximum atomic E-state index is 13.2. The zero-order chi connectivity index (χ0) is 18.6. The highest BCUT2D eigenvalue weighted by atomic mass is 35.5. The Balaban J connectivity index is 2.15. The summed E-state index contributed by atoms with van der Waals surface area (Å²) in [6, 6.07) is 8.60. The van der Waals surface area contributed by atoms with Crippen LogP contribution in [0.4, 0.5) is 5.69 Å². The molecule has 0 radical (unpaired) electrons. The van der Waals surface area contributed by atoms with Gasteiger partial charge in [0.2, 0.25) is 10.0 Å². The molecule has 2 N–H and O–H groups in total. The highest BCUT2D eigenvalue weighted by Gasteiger charge is 2.37. The number of fused-ring (bicyclic) bond motifs is 1.